The summed E-state index contributed by atoms with van der Waals surface area (Å²) in [4.78, 5) is 24.1. The van der Waals surface area contributed by atoms with Crippen molar-refractivity contribution in [3.63, 3.8) is 0 Å². The molecule has 0 fully saturated rings. The number of rotatable bonds is 5. The third-order valence-corrected chi connectivity index (χ3v) is 3.33. The summed E-state index contributed by atoms with van der Waals surface area (Å²) in [6.45, 7) is 1.99. The normalized spacial score (nSPS) is 11.2. The van der Waals surface area contributed by atoms with Gasteiger partial charge in [0, 0.05) is 11.3 Å². The van der Waals surface area contributed by atoms with Crippen LogP contribution >= 0.6 is 0 Å². The molecular weight excluding hydrogens is 339 g/mol. The molecule has 0 unspecified atom stereocenters. The van der Waals surface area contributed by atoms with Gasteiger partial charge in [-0.2, -0.15) is 13.2 Å². The summed E-state index contributed by atoms with van der Waals surface area (Å²) in [6, 6.07) is 5.62. The summed E-state index contributed by atoms with van der Waals surface area (Å²) in [5.74, 6) is -0.999. The van der Waals surface area contributed by atoms with E-state index in [4.69, 9.17) is 4.52 Å². The van der Waals surface area contributed by atoms with E-state index in [9.17, 15) is 22.8 Å². The van der Waals surface area contributed by atoms with Crippen LogP contribution in [0, 0.1) is 6.92 Å². The van der Waals surface area contributed by atoms with Gasteiger partial charge in [-0.1, -0.05) is 18.1 Å². The maximum atomic E-state index is 12.4. The smallest absolute Gasteiger partial charge is 0.361 e. The number of carbonyl (C=O) groups excluding carboxylic acids is 2. The van der Waals surface area contributed by atoms with E-state index < -0.39 is 24.5 Å². The van der Waals surface area contributed by atoms with Gasteiger partial charge in [0.25, 0.3) is 11.8 Å². The lowest BCUT2D eigenvalue weighted by molar-refractivity contribution is -0.123. The standard InChI is InChI=1S/C16H16F3N3O3/c1-3-12-13(9(2)25-22-12)15(24)21-11-6-4-5-10(7-11)14(23)20-8-16(17,18)19/h4-7H,3,8H2,1-2H3,(H,20,23)(H,21,24). The summed E-state index contributed by atoms with van der Waals surface area (Å²) < 4.78 is 41.5. The fourth-order valence-corrected chi connectivity index (χ4v) is 2.16. The largest absolute Gasteiger partial charge is 0.405 e. The Morgan fingerprint density at radius 2 is 1.96 bits per heavy atom. The average Bonchev–Trinajstić information content (AvgIpc) is 2.93. The molecule has 0 bridgehead atoms. The van der Waals surface area contributed by atoms with Crippen LogP contribution in [0.4, 0.5) is 18.9 Å². The van der Waals surface area contributed by atoms with Gasteiger partial charge in [-0.25, -0.2) is 0 Å². The molecule has 0 aliphatic heterocycles. The van der Waals surface area contributed by atoms with Crippen molar-refractivity contribution >= 4 is 17.5 Å². The number of amides is 2. The van der Waals surface area contributed by atoms with Crippen molar-refractivity contribution in [2.75, 3.05) is 11.9 Å². The molecule has 0 spiro atoms. The van der Waals surface area contributed by atoms with Crippen LogP contribution in [0.1, 0.15) is 39.1 Å². The molecule has 0 saturated carbocycles. The van der Waals surface area contributed by atoms with E-state index in [1.54, 1.807) is 12.2 Å². The van der Waals surface area contributed by atoms with Crippen molar-refractivity contribution < 1.29 is 27.3 Å². The molecule has 25 heavy (non-hydrogen) atoms. The molecule has 2 rings (SSSR count). The predicted octanol–water partition coefficient (Wildman–Crippen LogP) is 3.09. The summed E-state index contributed by atoms with van der Waals surface area (Å²) in [5, 5.41) is 8.14. The quantitative estimate of drug-likeness (QED) is 0.863. The Balaban J connectivity index is 2.12. The van der Waals surface area contributed by atoms with Crippen LogP contribution in [-0.2, 0) is 6.42 Å². The molecule has 0 aliphatic carbocycles. The Morgan fingerprint density at radius 1 is 1.24 bits per heavy atom. The maximum Gasteiger partial charge on any atom is 0.405 e. The van der Waals surface area contributed by atoms with E-state index >= 15 is 0 Å². The minimum absolute atomic E-state index is 0.000180. The van der Waals surface area contributed by atoms with Crippen molar-refractivity contribution in [3.05, 3.63) is 46.8 Å². The Kier molecular flexibility index (Phi) is 5.45. The van der Waals surface area contributed by atoms with Gasteiger partial charge in [0.05, 0.1) is 5.69 Å². The Labute approximate surface area is 141 Å². The average molecular weight is 355 g/mol. The summed E-state index contributed by atoms with van der Waals surface area (Å²) in [7, 11) is 0. The molecular formula is C16H16F3N3O3. The van der Waals surface area contributed by atoms with Gasteiger partial charge in [0.15, 0.2) is 0 Å². The molecule has 0 saturated heterocycles. The molecule has 0 aliphatic rings. The minimum atomic E-state index is -4.50. The minimum Gasteiger partial charge on any atom is -0.361 e. The Morgan fingerprint density at radius 3 is 2.60 bits per heavy atom. The number of hydrogen-bond acceptors (Lipinski definition) is 4. The lowest BCUT2D eigenvalue weighted by Crippen LogP contribution is -2.33. The highest BCUT2D eigenvalue weighted by atomic mass is 19.4. The summed E-state index contributed by atoms with van der Waals surface area (Å²) in [5.41, 5.74) is 1.07. The van der Waals surface area contributed by atoms with Gasteiger partial charge in [-0.3, -0.25) is 9.59 Å². The highest BCUT2D eigenvalue weighted by molar-refractivity contribution is 6.06. The van der Waals surface area contributed by atoms with Gasteiger partial charge in [0.2, 0.25) is 0 Å². The van der Waals surface area contributed by atoms with Crippen LogP contribution < -0.4 is 10.6 Å². The second-order valence-corrected chi connectivity index (χ2v) is 5.25. The van der Waals surface area contributed by atoms with E-state index in [2.05, 4.69) is 10.5 Å². The zero-order valence-corrected chi connectivity index (χ0v) is 13.5. The van der Waals surface area contributed by atoms with Gasteiger partial charge in [0.1, 0.15) is 17.9 Å². The van der Waals surface area contributed by atoms with Crippen molar-refractivity contribution in [1.82, 2.24) is 10.5 Å². The van der Waals surface area contributed by atoms with Crippen LogP contribution in [0.15, 0.2) is 28.8 Å². The fraction of sp³-hybridized carbons (Fsp3) is 0.312. The molecule has 1 aromatic carbocycles. The molecule has 2 amide bonds. The van der Waals surface area contributed by atoms with Crippen LogP contribution in [0.25, 0.3) is 0 Å². The predicted molar refractivity (Wildman–Crippen MR) is 83.4 cm³/mol. The summed E-state index contributed by atoms with van der Waals surface area (Å²) >= 11 is 0. The first-order chi connectivity index (χ1) is 11.7. The van der Waals surface area contributed by atoms with E-state index in [0.29, 0.717) is 23.4 Å². The fourth-order valence-electron chi connectivity index (χ4n) is 2.16. The van der Waals surface area contributed by atoms with Crippen LogP contribution in [-0.4, -0.2) is 29.7 Å². The Bertz CT molecular complexity index is 784. The lowest BCUT2D eigenvalue weighted by Gasteiger charge is -2.10. The number of nitrogens with one attached hydrogen (secondary N) is 2. The number of halogens is 3. The number of alkyl halides is 3. The Hall–Kier alpha value is -2.84. The molecule has 2 N–H and O–H groups in total. The molecule has 0 atom stereocenters. The maximum absolute atomic E-state index is 12.4. The number of carbonyl (C=O) groups is 2. The number of benzene rings is 1. The van der Waals surface area contributed by atoms with Gasteiger partial charge >= 0.3 is 6.18 Å². The van der Waals surface area contributed by atoms with Crippen LogP contribution in [0.3, 0.4) is 0 Å². The number of nitrogens with zero attached hydrogens (tertiary/aromatic N) is 1. The van der Waals surface area contributed by atoms with Gasteiger partial charge in [-0.05, 0) is 31.5 Å². The van der Waals surface area contributed by atoms with Gasteiger partial charge in [-0.15, -0.1) is 0 Å². The zero-order valence-electron chi connectivity index (χ0n) is 13.5. The number of anilines is 1. The lowest BCUT2D eigenvalue weighted by atomic mass is 10.1. The molecule has 1 aromatic heterocycles. The molecule has 0 radical (unpaired) electrons. The first kappa shape index (κ1) is 18.5. The number of aryl methyl sites for hydroxylation is 2. The third-order valence-electron chi connectivity index (χ3n) is 3.33. The van der Waals surface area contributed by atoms with Crippen molar-refractivity contribution in [2.24, 2.45) is 0 Å². The molecule has 6 nitrogen and oxygen atoms in total. The zero-order chi connectivity index (χ0) is 18.6. The number of hydrogen-bond donors (Lipinski definition) is 2. The first-order valence-corrected chi connectivity index (χ1v) is 7.42. The van der Waals surface area contributed by atoms with Crippen LogP contribution in [0.2, 0.25) is 0 Å². The summed E-state index contributed by atoms with van der Waals surface area (Å²) in [6.07, 6.45) is -4.00. The van der Waals surface area contributed by atoms with E-state index in [0.717, 1.165) is 0 Å². The molecule has 2 aromatic rings. The third kappa shape index (κ3) is 4.82. The SMILES string of the molecule is CCc1noc(C)c1C(=O)Nc1cccc(C(=O)NCC(F)(F)F)c1. The highest BCUT2D eigenvalue weighted by Crippen LogP contribution is 2.18. The molecule has 1 heterocycles. The van der Waals surface area contributed by atoms with Crippen molar-refractivity contribution in [3.8, 4) is 0 Å². The second kappa shape index (κ2) is 7.37. The van der Waals surface area contributed by atoms with E-state index in [1.165, 1.54) is 24.3 Å². The monoisotopic (exact) mass is 355 g/mol. The van der Waals surface area contributed by atoms with Crippen LogP contribution in [0.5, 0.6) is 0 Å². The molecule has 134 valence electrons. The van der Waals surface area contributed by atoms with E-state index in [-0.39, 0.29) is 11.3 Å². The molecule has 9 heteroatoms. The van der Waals surface area contributed by atoms with Crippen molar-refractivity contribution in [2.45, 2.75) is 26.4 Å². The van der Waals surface area contributed by atoms with E-state index in [1.807, 2.05) is 6.92 Å². The highest BCUT2D eigenvalue weighted by Gasteiger charge is 2.28. The van der Waals surface area contributed by atoms with Crippen molar-refractivity contribution in [1.29, 1.82) is 0 Å². The van der Waals surface area contributed by atoms with Gasteiger partial charge < -0.3 is 15.2 Å². The topological polar surface area (TPSA) is 84.2 Å². The number of aromatic nitrogens is 1. The second-order valence-electron chi connectivity index (χ2n) is 5.25. The first-order valence-electron chi connectivity index (χ1n) is 7.42.